The van der Waals surface area contributed by atoms with Gasteiger partial charge in [-0.3, -0.25) is 4.99 Å². The first-order valence-corrected chi connectivity index (χ1v) is 9.58. The van der Waals surface area contributed by atoms with E-state index in [1.807, 2.05) is 39.0 Å². The normalized spacial score (nSPS) is 12.8. The smallest absolute Gasteiger partial charge is 0.407 e. The summed E-state index contributed by atoms with van der Waals surface area (Å²) in [5.74, 6) is 0.759. The minimum atomic E-state index is -0.487. The predicted octanol–water partition coefficient (Wildman–Crippen LogP) is 3.69. The molecule has 0 saturated carbocycles. The summed E-state index contributed by atoms with van der Waals surface area (Å²) in [7, 11) is 0. The van der Waals surface area contributed by atoms with Crippen molar-refractivity contribution >= 4 is 47.4 Å². The molecule has 0 fully saturated rings. The van der Waals surface area contributed by atoms with E-state index < -0.39 is 11.7 Å². The lowest BCUT2D eigenvalue weighted by Gasteiger charge is -2.19. The SMILES string of the molecule is CCNC(=NCCNC(=O)OC(C)(C)C)NC(C)Cc1ccc(C)s1.I. The van der Waals surface area contributed by atoms with Crippen LogP contribution in [-0.2, 0) is 11.2 Å². The van der Waals surface area contributed by atoms with Crippen LogP contribution in [0.3, 0.4) is 0 Å². The molecule has 0 spiro atoms. The summed E-state index contributed by atoms with van der Waals surface area (Å²) in [6.45, 7) is 13.5. The standard InChI is InChI=1S/C18H32N4O2S.HI/c1-7-19-16(20-10-11-21-17(23)24-18(4,5)6)22-13(2)12-15-9-8-14(3)25-15;/h8-9,13H,7,10-12H2,1-6H3,(H,21,23)(H2,19,20,22);1H. The number of aryl methyl sites for hydroxylation is 1. The van der Waals surface area contributed by atoms with E-state index in [-0.39, 0.29) is 30.0 Å². The fraction of sp³-hybridized carbons (Fsp3) is 0.667. The first-order chi connectivity index (χ1) is 11.7. The highest BCUT2D eigenvalue weighted by atomic mass is 127. The molecule has 3 N–H and O–H groups in total. The highest BCUT2D eigenvalue weighted by Crippen LogP contribution is 2.16. The lowest BCUT2D eigenvalue weighted by Crippen LogP contribution is -2.43. The molecule has 150 valence electrons. The van der Waals surface area contributed by atoms with Crippen LogP contribution in [0, 0.1) is 6.92 Å². The number of hydrogen-bond acceptors (Lipinski definition) is 4. The molecule has 1 aromatic heterocycles. The van der Waals surface area contributed by atoms with Crippen LogP contribution >= 0.6 is 35.3 Å². The third-order valence-corrected chi connectivity index (χ3v) is 4.10. The number of amides is 1. The largest absolute Gasteiger partial charge is 0.444 e. The van der Waals surface area contributed by atoms with Gasteiger partial charge in [-0.05, 0) is 53.7 Å². The van der Waals surface area contributed by atoms with Crippen molar-refractivity contribution < 1.29 is 9.53 Å². The van der Waals surface area contributed by atoms with E-state index in [4.69, 9.17) is 4.74 Å². The van der Waals surface area contributed by atoms with Crippen molar-refractivity contribution in [3.05, 3.63) is 21.9 Å². The summed E-state index contributed by atoms with van der Waals surface area (Å²) in [6.07, 6.45) is 0.543. The molecule has 1 aromatic rings. The zero-order valence-electron chi connectivity index (χ0n) is 16.6. The van der Waals surface area contributed by atoms with Gasteiger partial charge in [-0.15, -0.1) is 35.3 Å². The average Bonchev–Trinajstić information content (AvgIpc) is 2.86. The lowest BCUT2D eigenvalue weighted by molar-refractivity contribution is 0.0529. The van der Waals surface area contributed by atoms with Gasteiger partial charge in [0.1, 0.15) is 5.60 Å². The number of ether oxygens (including phenoxy) is 1. The van der Waals surface area contributed by atoms with Gasteiger partial charge < -0.3 is 20.7 Å². The van der Waals surface area contributed by atoms with Crippen LogP contribution in [-0.4, -0.2) is 43.3 Å². The van der Waals surface area contributed by atoms with Gasteiger partial charge in [0.05, 0.1) is 6.54 Å². The minimum Gasteiger partial charge on any atom is -0.444 e. The maximum absolute atomic E-state index is 11.6. The number of aliphatic imine (C=N–C) groups is 1. The number of halogens is 1. The summed E-state index contributed by atoms with van der Waals surface area (Å²) in [4.78, 5) is 18.8. The van der Waals surface area contributed by atoms with Crippen LogP contribution in [0.2, 0.25) is 0 Å². The Bertz CT molecular complexity index is 570. The Morgan fingerprint density at radius 1 is 1.31 bits per heavy atom. The van der Waals surface area contributed by atoms with E-state index in [1.54, 1.807) is 0 Å². The highest BCUT2D eigenvalue weighted by Gasteiger charge is 2.15. The van der Waals surface area contributed by atoms with Gasteiger partial charge in [0.15, 0.2) is 5.96 Å². The number of rotatable bonds is 7. The van der Waals surface area contributed by atoms with Crippen LogP contribution in [0.15, 0.2) is 17.1 Å². The van der Waals surface area contributed by atoms with Gasteiger partial charge in [0, 0.05) is 35.3 Å². The predicted molar refractivity (Wildman–Crippen MR) is 121 cm³/mol. The Morgan fingerprint density at radius 3 is 2.54 bits per heavy atom. The van der Waals surface area contributed by atoms with E-state index in [1.165, 1.54) is 9.75 Å². The molecule has 1 heterocycles. The Kier molecular flexibility index (Phi) is 11.9. The fourth-order valence-corrected chi connectivity index (χ4v) is 3.16. The van der Waals surface area contributed by atoms with Crippen LogP contribution in [0.25, 0.3) is 0 Å². The third-order valence-electron chi connectivity index (χ3n) is 3.08. The zero-order valence-corrected chi connectivity index (χ0v) is 19.8. The van der Waals surface area contributed by atoms with Crippen molar-refractivity contribution in [3.63, 3.8) is 0 Å². The summed E-state index contributed by atoms with van der Waals surface area (Å²) in [5, 5.41) is 9.34. The molecule has 0 radical (unpaired) electrons. The minimum absolute atomic E-state index is 0. The van der Waals surface area contributed by atoms with Gasteiger partial charge in [-0.2, -0.15) is 0 Å². The Hall–Kier alpha value is -1.03. The summed E-state index contributed by atoms with van der Waals surface area (Å²) in [5.41, 5.74) is -0.487. The second kappa shape index (κ2) is 12.4. The van der Waals surface area contributed by atoms with E-state index >= 15 is 0 Å². The van der Waals surface area contributed by atoms with Crippen molar-refractivity contribution in [2.75, 3.05) is 19.6 Å². The van der Waals surface area contributed by atoms with E-state index in [0.717, 1.165) is 18.9 Å². The molecule has 1 unspecified atom stereocenters. The van der Waals surface area contributed by atoms with Gasteiger partial charge in [-0.25, -0.2) is 4.79 Å². The van der Waals surface area contributed by atoms with Gasteiger partial charge >= 0.3 is 6.09 Å². The molecule has 0 aliphatic heterocycles. The summed E-state index contributed by atoms with van der Waals surface area (Å²) < 4.78 is 5.20. The van der Waals surface area contributed by atoms with Crippen LogP contribution < -0.4 is 16.0 Å². The second-order valence-electron chi connectivity index (χ2n) is 6.95. The molecule has 1 atom stereocenters. The number of carbonyl (C=O) groups excluding carboxylic acids is 1. The third kappa shape index (κ3) is 11.6. The van der Waals surface area contributed by atoms with Crippen LogP contribution in [0.4, 0.5) is 4.79 Å². The molecule has 0 aliphatic rings. The maximum Gasteiger partial charge on any atom is 0.407 e. The molecule has 6 nitrogen and oxygen atoms in total. The Balaban J connectivity index is 0.00000625. The second-order valence-corrected chi connectivity index (χ2v) is 8.32. The molecule has 26 heavy (non-hydrogen) atoms. The summed E-state index contributed by atoms with van der Waals surface area (Å²) >= 11 is 1.82. The van der Waals surface area contributed by atoms with Crippen LogP contribution in [0.1, 0.15) is 44.4 Å². The number of nitrogens with one attached hydrogen (secondary N) is 3. The number of guanidine groups is 1. The van der Waals surface area contributed by atoms with E-state index in [2.05, 4.69) is 46.9 Å². The molecular weight excluding hydrogens is 463 g/mol. The number of nitrogens with zero attached hydrogens (tertiary/aromatic N) is 1. The van der Waals surface area contributed by atoms with Crippen molar-refractivity contribution in [1.29, 1.82) is 0 Å². The van der Waals surface area contributed by atoms with Crippen molar-refractivity contribution in [2.24, 2.45) is 4.99 Å². The molecule has 0 aromatic carbocycles. The molecule has 1 rings (SSSR count). The Morgan fingerprint density at radius 2 is 2.00 bits per heavy atom. The molecule has 8 heteroatoms. The molecule has 0 saturated heterocycles. The van der Waals surface area contributed by atoms with Gasteiger partial charge in [-0.1, -0.05) is 0 Å². The number of alkyl carbamates (subject to hydrolysis) is 1. The van der Waals surface area contributed by atoms with E-state index in [9.17, 15) is 4.79 Å². The molecule has 1 amide bonds. The van der Waals surface area contributed by atoms with Crippen LogP contribution in [0.5, 0.6) is 0 Å². The molecule has 0 bridgehead atoms. The van der Waals surface area contributed by atoms with Gasteiger partial charge in [0.2, 0.25) is 0 Å². The lowest BCUT2D eigenvalue weighted by atomic mass is 10.2. The first-order valence-electron chi connectivity index (χ1n) is 8.76. The maximum atomic E-state index is 11.6. The van der Waals surface area contributed by atoms with Crippen molar-refractivity contribution in [3.8, 4) is 0 Å². The summed E-state index contributed by atoms with van der Waals surface area (Å²) in [6, 6.07) is 4.59. The topological polar surface area (TPSA) is 74.8 Å². The quantitative estimate of drug-likeness (QED) is 0.233. The first kappa shape index (κ1) is 25.0. The fourth-order valence-electron chi connectivity index (χ4n) is 2.14. The van der Waals surface area contributed by atoms with Crippen molar-refractivity contribution in [2.45, 2.75) is 59.6 Å². The number of thiophene rings is 1. The Labute approximate surface area is 178 Å². The molecular formula is C18H33IN4O2S. The number of carbonyl (C=O) groups is 1. The highest BCUT2D eigenvalue weighted by molar-refractivity contribution is 14.0. The number of hydrogen-bond donors (Lipinski definition) is 3. The van der Waals surface area contributed by atoms with Gasteiger partial charge in [0.25, 0.3) is 0 Å². The monoisotopic (exact) mass is 496 g/mol. The zero-order chi connectivity index (χ0) is 18.9. The average molecular weight is 496 g/mol. The van der Waals surface area contributed by atoms with Crippen molar-refractivity contribution in [1.82, 2.24) is 16.0 Å². The molecule has 0 aliphatic carbocycles. The van der Waals surface area contributed by atoms with E-state index in [0.29, 0.717) is 13.1 Å².